The molecule has 2 aliphatic carbocycles. The quantitative estimate of drug-likeness (QED) is 0.344. The molecule has 0 atom stereocenters. The molecule has 0 radical (unpaired) electrons. The van der Waals surface area contributed by atoms with Crippen molar-refractivity contribution < 1.29 is 15.1 Å². The Morgan fingerprint density at radius 1 is 0.321 bits per heavy atom. The Bertz CT molecular complexity index is 832. The molecule has 4 aromatic rings. The van der Waals surface area contributed by atoms with Gasteiger partial charge in [0.1, 0.15) is 0 Å². The molecule has 0 aliphatic heterocycles. The fraction of sp³-hybridized carbons (Fsp3) is 0. The predicted molar refractivity (Wildman–Crippen MR) is 114 cm³/mol. The van der Waals surface area contributed by atoms with Crippen molar-refractivity contribution in [2.75, 3.05) is 0 Å². The van der Waals surface area contributed by atoms with Gasteiger partial charge in [0.15, 0.2) is 0 Å². The van der Waals surface area contributed by atoms with E-state index in [4.69, 9.17) is 15.1 Å². The minimum atomic E-state index is -2.17. The summed E-state index contributed by atoms with van der Waals surface area (Å²) in [5.74, 6) is 0. The van der Waals surface area contributed by atoms with Crippen molar-refractivity contribution in [2.24, 2.45) is 0 Å². The lowest BCUT2D eigenvalue weighted by atomic mass is 9.81. The maximum absolute atomic E-state index is 7.17. The lowest BCUT2D eigenvalue weighted by Gasteiger charge is -2.22. The molecule has 3 N–H and O–H groups in total. The molecule has 4 heteroatoms. The summed E-state index contributed by atoms with van der Waals surface area (Å²) in [6.45, 7) is 0. The van der Waals surface area contributed by atoms with E-state index in [9.17, 15) is 0 Å². The molecular formula is C24H19BO3. The van der Waals surface area contributed by atoms with Crippen LogP contribution in [0.5, 0.6) is 0 Å². The van der Waals surface area contributed by atoms with Crippen molar-refractivity contribution in [1.29, 1.82) is 0 Å². The van der Waals surface area contributed by atoms with Crippen LogP contribution in [0, 0.1) is 0 Å². The van der Waals surface area contributed by atoms with Crippen molar-refractivity contribution >= 4 is 7.32 Å². The molecule has 0 bridgehead atoms. The van der Waals surface area contributed by atoms with Gasteiger partial charge in [0.05, 0.1) is 0 Å². The zero-order valence-corrected chi connectivity index (χ0v) is 15.2. The molecule has 0 saturated carbocycles. The van der Waals surface area contributed by atoms with Crippen LogP contribution < -0.4 is 0 Å². The summed E-state index contributed by atoms with van der Waals surface area (Å²) in [5, 5.41) is 21.5. The van der Waals surface area contributed by atoms with Crippen molar-refractivity contribution in [2.45, 2.75) is 0 Å². The second-order valence-corrected chi connectivity index (χ2v) is 6.53. The summed E-state index contributed by atoms with van der Waals surface area (Å²) >= 11 is 0. The lowest BCUT2D eigenvalue weighted by Crippen LogP contribution is -2.07. The van der Waals surface area contributed by atoms with Crippen molar-refractivity contribution in [1.82, 2.24) is 0 Å². The van der Waals surface area contributed by atoms with Crippen molar-refractivity contribution in [3.8, 4) is 44.5 Å². The minimum absolute atomic E-state index is 1.40. The number of rotatable bonds is 0. The fourth-order valence-electron chi connectivity index (χ4n) is 3.69. The summed E-state index contributed by atoms with van der Waals surface area (Å²) in [6, 6.07) is 34.2. The van der Waals surface area contributed by atoms with E-state index >= 15 is 0 Å². The highest BCUT2D eigenvalue weighted by Crippen LogP contribution is 2.46. The zero-order chi connectivity index (χ0) is 19.5. The van der Waals surface area contributed by atoms with E-state index in [1.807, 2.05) is 0 Å². The second-order valence-electron chi connectivity index (χ2n) is 6.53. The van der Waals surface area contributed by atoms with E-state index in [1.165, 1.54) is 44.5 Å². The van der Waals surface area contributed by atoms with Crippen LogP contribution in [-0.2, 0) is 0 Å². The summed E-state index contributed by atoms with van der Waals surface area (Å²) in [7, 11) is -2.17. The van der Waals surface area contributed by atoms with Gasteiger partial charge >= 0.3 is 7.32 Å². The Hall–Kier alpha value is -3.18. The highest BCUT2D eigenvalue weighted by atomic mass is 16.5. The van der Waals surface area contributed by atoms with Gasteiger partial charge in [0.25, 0.3) is 0 Å². The van der Waals surface area contributed by atoms with Gasteiger partial charge in [0.2, 0.25) is 0 Å². The van der Waals surface area contributed by atoms with E-state index in [0.29, 0.717) is 0 Å². The molecule has 0 aromatic heterocycles. The second kappa shape index (κ2) is 7.83. The molecule has 0 saturated heterocycles. The molecule has 28 heavy (non-hydrogen) atoms. The number of hydrogen-bond acceptors (Lipinski definition) is 3. The SMILES string of the molecule is OB(O)O.c1ccc2c(c1)-c1ccccc1-2.c1ccc2c(c1)-c1ccccc1-2. The number of benzene rings is 4. The lowest BCUT2D eigenvalue weighted by molar-refractivity contribution is 0.278. The Labute approximate surface area is 164 Å². The fourth-order valence-corrected chi connectivity index (χ4v) is 3.69. The zero-order valence-electron chi connectivity index (χ0n) is 15.2. The molecule has 0 amide bonds. The van der Waals surface area contributed by atoms with Crippen LogP contribution in [0.25, 0.3) is 44.5 Å². The average molecular weight is 366 g/mol. The molecule has 0 fully saturated rings. The van der Waals surface area contributed by atoms with Crippen LogP contribution >= 0.6 is 0 Å². The van der Waals surface area contributed by atoms with E-state index in [1.54, 1.807) is 0 Å². The van der Waals surface area contributed by atoms with Gasteiger partial charge in [-0.1, -0.05) is 97.1 Å². The monoisotopic (exact) mass is 366 g/mol. The maximum atomic E-state index is 7.17. The third-order valence-corrected chi connectivity index (χ3v) is 4.87. The highest BCUT2D eigenvalue weighted by molar-refractivity contribution is 6.30. The standard InChI is InChI=1S/2C12H8.BH3O3/c2*1-2-6-10-9(5-1)11-7-3-4-8-12(10)11;2-1(3)4/h2*1-8H;2-4H. The third-order valence-electron chi connectivity index (χ3n) is 4.87. The summed E-state index contributed by atoms with van der Waals surface area (Å²) in [6.07, 6.45) is 0. The molecular weight excluding hydrogens is 347 g/mol. The first-order valence-electron chi connectivity index (χ1n) is 9.08. The number of fused-ring (bicyclic) bond motifs is 8. The van der Waals surface area contributed by atoms with Crippen molar-refractivity contribution in [3.05, 3.63) is 97.1 Å². The third kappa shape index (κ3) is 3.37. The number of hydrogen-bond donors (Lipinski definition) is 3. The van der Waals surface area contributed by atoms with Gasteiger partial charge in [0, 0.05) is 0 Å². The summed E-state index contributed by atoms with van der Waals surface area (Å²) < 4.78 is 0. The van der Waals surface area contributed by atoms with Crippen molar-refractivity contribution in [3.63, 3.8) is 0 Å². The molecule has 3 nitrogen and oxygen atoms in total. The van der Waals surface area contributed by atoms with Gasteiger partial charge in [-0.3, -0.25) is 0 Å². The van der Waals surface area contributed by atoms with Crippen LogP contribution in [0.3, 0.4) is 0 Å². The van der Waals surface area contributed by atoms with Crippen LogP contribution in [-0.4, -0.2) is 22.4 Å². The van der Waals surface area contributed by atoms with Gasteiger partial charge in [-0.25, -0.2) is 0 Å². The Morgan fingerprint density at radius 3 is 0.536 bits per heavy atom. The van der Waals surface area contributed by atoms with Crippen LogP contribution in [0.15, 0.2) is 97.1 Å². The summed E-state index contributed by atoms with van der Waals surface area (Å²) in [5.41, 5.74) is 11.2. The molecule has 0 heterocycles. The van der Waals surface area contributed by atoms with Crippen LogP contribution in [0.4, 0.5) is 0 Å². The first-order chi connectivity index (χ1) is 13.7. The molecule has 0 spiro atoms. The van der Waals surface area contributed by atoms with Crippen LogP contribution in [0.2, 0.25) is 0 Å². The van der Waals surface area contributed by atoms with E-state index in [0.717, 1.165) is 0 Å². The normalized spacial score (nSPS) is 10.7. The molecule has 136 valence electrons. The van der Waals surface area contributed by atoms with E-state index in [2.05, 4.69) is 97.1 Å². The molecule has 0 unspecified atom stereocenters. The molecule has 4 aromatic carbocycles. The van der Waals surface area contributed by atoms with Gasteiger partial charge in [-0.2, -0.15) is 0 Å². The smallest absolute Gasteiger partial charge is 0.402 e. The largest absolute Gasteiger partial charge is 0.631 e. The predicted octanol–water partition coefficient (Wildman–Crippen LogP) is 4.62. The topological polar surface area (TPSA) is 60.7 Å². The average Bonchev–Trinajstić information content (AvgIpc) is 2.70. The first-order valence-corrected chi connectivity index (χ1v) is 9.08. The van der Waals surface area contributed by atoms with Crippen LogP contribution in [0.1, 0.15) is 0 Å². The Kier molecular flexibility index (Phi) is 5.09. The van der Waals surface area contributed by atoms with Gasteiger partial charge in [-0.05, 0) is 44.5 Å². The van der Waals surface area contributed by atoms with Gasteiger partial charge in [-0.15, -0.1) is 0 Å². The Morgan fingerprint density at radius 2 is 0.429 bits per heavy atom. The van der Waals surface area contributed by atoms with E-state index in [-0.39, 0.29) is 0 Å². The minimum Gasteiger partial charge on any atom is -0.402 e. The van der Waals surface area contributed by atoms with E-state index < -0.39 is 7.32 Å². The molecule has 6 rings (SSSR count). The summed E-state index contributed by atoms with van der Waals surface area (Å²) in [4.78, 5) is 0. The Balaban J connectivity index is 0.000000116. The highest BCUT2D eigenvalue weighted by Gasteiger charge is 2.20. The maximum Gasteiger partial charge on any atom is 0.631 e. The van der Waals surface area contributed by atoms with Gasteiger partial charge < -0.3 is 15.1 Å². The molecule has 2 aliphatic rings. The first kappa shape index (κ1) is 18.2.